The Labute approximate surface area is 261 Å². The van der Waals surface area contributed by atoms with E-state index in [4.69, 9.17) is 34.9 Å². The van der Waals surface area contributed by atoms with Crippen LogP contribution >= 0.6 is 0 Å². The van der Waals surface area contributed by atoms with E-state index in [-0.39, 0.29) is 6.61 Å². The van der Waals surface area contributed by atoms with E-state index >= 15 is 0 Å². The third-order valence-corrected chi connectivity index (χ3v) is 7.18. The van der Waals surface area contributed by atoms with Crippen LogP contribution in [0.4, 0.5) is 0 Å². The van der Waals surface area contributed by atoms with Gasteiger partial charge >= 0.3 is 0 Å². The fourth-order valence-electron chi connectivity index (χ4n) is 5.00. The van der Waals surface area contributed by atoms with Crippen LogP contribution in [0, 0.1) is 0 Å². The highest BCUT2D eigenvalue weighted by Gasteiger charge is 2.48. The van der Waals surface area contributed by atoms with Crippen molar-refractivity contribution in [3.63, 3.8) is 0 Å². The molecule has 9 atom stereocenters. The summed E-state index contributed by atoms with van der Waals surface area (Å²) < 4.78 is 67.8. The van der Waals surface area contributed by atoms with Crippen LogP contribution in [0.25, 0.3) is 0 Å². The molecule has 6 nitrogen and oxygen atoms in total. The average molecular weight is 586 g/mol. The van der Waals surface area contributed by atoms with Crippen molar-refractivity contribution in [3.8, 4) is 0 Å². The molecule has 226 valence electrons. The fourth-order valence-corrected chi connectivity index (χ4v) is 5.00. The molecule has 1 fully saturated rings. The molecule has 2 N–H and O–H groups in total. The normalized spacial score (nSPS) is 26.2. The summed E-state index contributed by atoms with van der Waals surface area (Å²) in [5.74, 6) is 0. The van der Waals surface area contributed by atoms with Crippen LogP contribution in [-0.2, 0) is 50.0 Å². The van der Waals surface area contributed by atoms with Crippen LogP contribution in [0.2, 0.25) is 0 Å². The number of benzene rings is 4. The van der Waals surface area contributed by atoms with Gasteiger partial charge in [-0.1, -0.05) is 121 Å². The monoisotopic (exact) mass is 585 g/mol. The van der Waals surface area contributed by atoms with Gasteiger partial charge in [0.15, 0.2) is 0 Å². The van der Waals surface area contributed by atoms with Gasteiger partial charge in [0.1, 0.15) is 24.4 Å². The van der Waals surface area contributed by atoms with Gasteiger partial charge in [-0.25, -0.2) is 0 Å². The molecule has 4 aromatic rings. The molecule has 0 bridgehead atoms. The predicted octanol–water partition coefficient (Wildman–Crippen LogP) is 6.47. The second-order valence-corrected chi connectivity index (χ2v) is 10.4. The lowest BCUT2D eigenvalue weighted by Gasteiger charge is -2.46. The second-order valence-electron chi connectivity index (χ2n) is 10.4. The Morgan fingerprint density at radius 2 is 0.930 bits per heavy atom. The van der Waals surface area contributed by atoms with Gasteiger partial charge in [0.2, 0.25) is 0 Å². The lowest BCUT2D eigenvalue weighted by atomic mass is 9.91. The van der Waals surface area contributed by atoms with E-state index in [9.17, 15) is 0 Å². The Bertz CT molecular complexity index is 1440. The minimum atomic E-state index is -1.12. The maximum absolute atomic E-state index is 9.03. The van der Waals surface area contributed by atoms with Gasteiger partial charge in [-0.2, -0.15) is 0 Å². The van der Waals surface area contributed by atoms with Gasteiger partial charge in [-0.3, -0.25) is 0 Å². The number of hydrogen-bond acceptors (Lipinski definition) is 6. The highest BCUT2D eigenvalue weighted by atomic mass is 16.6. The van der Waals surface area contributed by atoms with Crippen molar-refractivity contribution in [2.45, 2.75) is 69.7 Å². The van der Waals surface area contributed by atoms with Gasteiger partial charge in [0, 0.05) is 0 Å². The summed E-state index contributed by atoms with van der Waals surface area (Å²) in [5, 5.41) is 0. The summed E-state index contributed by atoms with van der Waals surface area (Å²) in [4.78, 5) is 0. The van der Waals surface area contributed by atoms with E-state index in [1.54, 1.807) is 0 Å². The summed E-state index contributed by atoms with van der Waals surface area (Å²) in [5.41, 5.74) is 8.54. The van der Waals surface area contributed by atoms with Crippen LogP contribution in [0.3, 0.4) is 0 Å². The Morgan fingerprint density at radius 1 is 0.535 bits per heavy atom. The van der Waals surface area contributed by atoms with Gasteiger partial charge in [-0.05, 0) is 41.6 Å². The Morgan fingerprint density at radius 3 is 1.37 bits per heavy atom. The van der Waals surface area contributed by atoms with Crippen molar-refractivity contribution < 1.29 is 29.2 Å². The van der Waals surface area contributed by atoms with Crippen LogP contribution in [0.5, 0.6) is 0 Å². The lowest BCUT2D eigenvalue weighted by molar-refractivity contribution is -0.273. The van der Waals surface area contributed by atoms with Gasteiger partial charge in [0.25, 0.3) is 0 Å². The minimum Gasteiger partial charge on any atom is -0.374 e. The van der Waals surface area contributed by atoms with E-state index in [2.05, 4.69) is 0 Å². The number of hydrogen-bond donors (Lipinski definition) is 1. The Balaban J connectivity index is 1.51. The molecule has 1 heterocycles. The first-order chi connectivity index (χ1) is 22.9. The molecular weight excluding hydrogens is 538 g/mol. The molecule has 1 aliphatic rings. The fraction of sp³-hybridized carbons (Fsp3) is 0.351. The molecule has 0 aromatic heterocycles. The molecule has 1 aliphatic heterocycles. The van der Waals surface area contributed by atoms with E-state index in [0.29, 0.717) is 41.6 Å². The first-order valence-corrected chi connectivity index (χ1v) is 14.8. The highest BCUT2D eigenvalue weighted by molar-refractivity contribution is 5.16. The zero-order chi connectivity index (χ0) is 33.0. The predicted molar refractivity (Wildman–Crippen MR) is 168 cm³/mol. The zero-order valence-electron chi connectivity index (χ0n) is 28.2. The molecule has 4 aromatic carbocycles. The third-order valence-electron chi connectivity index (χ3n) is 7.18. The molecule has 0 amide bonds. The van der Waals surface area contributed by atoms with E-state index in [1.165, 1.54) is 0 Å². The van der Waals surface area contributed by atoms with E-state index in [0.717, 1.165) is 0 Å². The summed E-state index contributed by atoms with van der Waals surface area (Å²) in [7, 11) is 0. The lowest BCUT2D eigenvalue weighted by Crippen LogP contribution is -2.61. The molecule has 43 heavy (non-hydrogen) atoms. The maximum Gasteiger partial charge on any atom is 0.115 e. The molecule has 0 saturated carbocycles. The minimum absolute atomic E-state index is 0.0437. The van der Waals surface area contributed by atoms with Crippen LogP contribution < -0.4 is 5.73 Å². The average Bonchev–Trinajstić information content (AvgIpc) is 3.13. The number of ether oxygens (including phenoxy) is 5. The van der Waals surface area contributed by atoms with E-state index in [1.807, 2.05) is 121 Å². The molecule has 0 spiro atoms. The van der Waals surface area contributed by atoms with Crippen molar-refractivity contribution >= 4 is 0 Å². The van der Waals surface area contributed by atoms with Crippen molar-refractivity contribution in [2.75, 3.05) is 13.2 Å². The quantitative estimate of drug-likeness (QED) is 0.163. The van der Waals surface area contributed by atoms with Crippen molar-refractivity contribution in [3.05, 3.63) is 144 Å². The maximum atomic E-state index is 9.03. The van der Waals surface area contributed by atoms with Gasteiger partial charge < -0.3 is 29.4 Å². The van der Waals surface area contributed by atoms with Gasteiger partial charge in [-0.15, -0.1) is 0 Å². The Hall–Kier alpha value is -3.36. The van der Waals surface area contributed by atoms with Crippen LogP contribution in [0.1, 0.15) is 40.6 Å². The third kappa shape index (κ3) is 9.57. The SMILES string of the molecule is [2H]C(OC[C@H]1OC(CCCN)[C@H](OC([2H])c2ccccc2)[C@@H](OC([2H])c2ccccc2)[C@@H]1OC([2H])c1ccccc1)c1ccccc1. The molecule has 0 aliphatic carbocycles. The number of nitrogens with two attached hydrogens (primary N) is 1. The summed E-state index contributed by atoms with van der Waals surface area (Å²) in [6.45, 7) is -3.94. The standard InChI is InChI=1S/C37H43NO5/c38-23-13-22-33-35(40-25-30-16-7-2-8-17-30)37(42-27-32-20-11-4-12-21-32)36(41-26-31-18-9-3-10-19-31)34(43-33)28-39-24-29-14-5-1-6-15-29/h1-12,14-21,33-37H,13,22-28,38H2/t33?,34-,35+,36-,37-/m1/s1/i24D,25D,26D,27D/t24?,25?,26?,27?,33?,34-,35+,36-,37-. The molecule has 6 heteroatoms. The zero-order valence-corrected chi connectivity index (χ0v) is 24.2. The second kappa shape index (κ2) is 17.1. The first kappa shape index (κ1) is 26.1. The van der Waals surface area contributed by atoms with Crippen LogP contribution in [0.15, 0.2) is 121 Å². The highest BCUT2D eigenvalue weighted by Crippen LogP contribution is 2.32. The van der Waals surface area contributed by atoms with Crippen molar-refractivity contribution in [2.24, 2.45) is 5.73 Å². The summed E-state index contributed by atoms with van der Waals surface area (Å²) in [6.07, 6.45) is -3.05. The summed E-state index contributed by atoms with van der Waals surface area (Å²) >= 11 is 0. The summed E-state index contributed by atoms with van der Waals surface area (Å²) in [6, 6.07) is 36.8. The molecule has 1 saturated heterocycles. The van der Waals surface area contributed by atoms with E-state index < -0.39 is 56.9 Å². The van der Waals surface area contributed by atoms with Crippen molar-refractivity contribution in [1.29, 1.82) is 0 Å². The number of rotatable bonds is 16. The molecule has 0 radical (unpaired) electrons. The smallest absolute Gasteiger partial charge is 0.115 e. The Kier molecular flexibility index (Phi) is 10.3. The first-order valence-electron chi connectivity index (χ1n) is 17.1. The van der Waals surface area contributed by atoms with Gasteiger partial charge in [0.05, 0.1) is 44.5 Å². The molecular formula is C37H43NO5. The molecule has 5 unspecified atom stereocenters. The largest absolute Gasteiger partial charge is 0.374 e. The van der Waals surface area contributed by atoms with Crippen LogP contribution in [-0.4, -0.2) is 43.7 Å². The molecule has 5 rings (SSSR count). The topological polar surface area (TPSA) is 72.2 Å². The van der Waals surface area contributed by atoms with Crippen molar-refractivity contribution in [1.82, 2.24) is 0 Å².